The molecule has 3 aromatic rings. The summed E-state index contributed by atoms with van der Waals surface area (Å²) in [5.41, 5.74) is 3.58. The molecule has 1 heterocycles. The lowest BCUT2D eigenvalue weighted by atomic mass is 10.1. The number of ether oxygens (including phenoxy) is 1. The van der Waals surface area contributed by atoms with Crippen molar-refractivity contribution in [2.45, 2.75) is 32.7 Å². The molecule has 0 bridgehead atoms. The third kappa shape index (κ3) is 5.20. The van der Waals surface area contributed by atoms with Gasteiger partial charge in [0.25, 0.3) is 0 Å². The molecule has 0 aliphatic carbocycles. The van der Waals surface area contributed by atoms with Gasteiger partial charge in [0.05, 0.1) is 19.9 Å². The van der Waals surface area contributed by atoms with E-state index in [-0.39, 0.29) is 5.91 Å². The maximum absolute atomic E-state index is 12.3. The van der Waals surface area contributed by atoms with Gasteiger partial charge in [0.2, 0.25) is 5.91 Å². The molecular weight excluding hydrogens is 338 g/mol. The van der Waals surface area contributed by atoms with Crippen LogP contribution in [0.3, 0.4) is 0 Å². The van der Waals surface area contributed by atoms with Crippen molar-refractivity contribution in [3.63, 3.8) is 0 Å². The Morgan fingerprint density at radius 3 is 2.33 bits per heavy atom. The van der Waals surface area contributed by atoms with Crippen LogP contribution in [0, 0.1) is 0 Å². The Morgan fingerprint density at radius 1 is 1.00 bits per heavy atom. The Kier molecular flexibility index (Phi) is 6.26. The summed E-state index contributed by atoms with van der Waals surface area (Å²) >= 11 is 0. The van der Waals surface area contributed by atoms with Gasteiger partial charge < -0.3 is 10.1 Å². The number of rotatable bonds is 8. The minimum absolute atomic E-state index is 0.0195. The van der Waals surface area contributed by atoms with Crippen LogP contribution in [-0.2, 0) is 24.2 Å². The van der Waals surface area contributed by atoms with Crippen molar-refractivity contribution in [3.05, 3.63) is 77.5 Å². The summed E-state index contributed by atoms with van der Waals surface area (Å²) in [6, 6.07) is 18.1. The van der Waals surface area contributed by atoms with E-state index in [1.54, 1.807) is 13.3 Å². The molecule has 1 N–H and O–H groups in total. The quantitative estimate of drug-likeness (QED) is 0.656. The Bertz CT molecular complexity index is 867. The zero-order chi connectivity index (χ0) is 19.1. The molecule has 0 fully saturated rings. The minimum Gasteiger partial charge on any atom is -0.497 e. The van der Waals surface area contributed by atoms with E-state index >= 15 is 0 Å². The zero-order valence-corrected chi connectivity index (χ0v) is 15.8. The lowest BCUT2D eigenvalue weighted by Gasteiger charge is -2.10. The molecule has 0 saturated heterocycles. The standard InChI is InChI=1S/C22H25N3O2/c1-3-17-4-6-19(7-5-17)16-25-21(14-15-23-25)24-22(26)13-10-18-8-11-20(27-2)12-9-18/h4-9,11-12,14-15H,3,10,13,16H2,1-2H3,(H,24,26). The minimum atomic E-state index is -0.0195. The highest BCUT2D eigenvalue weighted by atomic mass is 16.5. The van der Waals surface area contributed by atoms with Crippen LogP contribution in [0.2, 0.25) is 0 Å². The van der Waals surface area contributed by atoms with Crippen molar-refractivity contribution in [1.82, 2.24) is 9.78 Å². The summed E-state index contributed by atoms with van der Waals surface area (Å²) in [6.45, 7) is 2.77. The van der Waals surface area contributed by atoms with Crippen molar-refractivity contribution < 1.29 is 9.53 Å². The van der Waals surface area contributed by atoms with E-state index in [1.807, 2.05) is 35.0 Å². The van der Waals surface area contributed by atoms with E-state index in [0.29, 0.717) is 25.2 Å². The fourth-order valence-corrected chi connectivity index (χ4v) is 2.87. The van der Waals surface area contributed by atoms with Crippen LogP contribution < -0.4 is 10.1 Å². The number of aryl methyl sites for hydroxylation is 2. The van der Waals surface area contributed by atoms with Gasteiger partial charge in [-0.15, -0.1) is 0 Å². The molecule has 0 saturated carbocycles. The molecular formula is C22H25N3O2. The summed E-state index contributed by atoms with van der Waals surface area (Å²) in [5.74, 6) is 1.52. The van der Waals surface area contributed by atoms with E-state index in [1.165, 1.54) is 5.56 Å². The number of nitrogens with one attached hydrogen (secondary N) is 1. The van der Waals surface area contributed by atoms with Crippen LogP contribution in [0.1, 0.15) is 30.0 Å². The molecule has 27 heavy (non-hydrogen) atoms. The number of aromatic nitrogens is 2. The van der Waals surface area contributed by atoms with Crippen molar-refractivity contribution in [2.24, 2.45) is 0 Å². The van der Waals surface area contributed by atoms with Gasteiger partial charge in [-0.2, -0.15) is 5.10 Å². The number of benzene rings is 2. The van der Waals surface area contributed by atoms with Crippen LogP contribution in [-0.4, -0.2) is 22.8 Å². The lowest BCUT2D eigenvalue weighted by molar-refractivity contribution is -0.116. The van der Waals surface area contributed by atoms with Gasteiger partial charge in [0.1, 0.15) is 11.6 Å². The molecule has 5 heteroatoms. The number of nitrogens with zero attached hydrogens (tertiary/aromatic N) is 2. The molecule has 0 radical (unpaired) electrons. The topological polar surface area (TPSA) is 56.2 Å². The molecule has 3 rings (SSSR count). The maximum atomic E-state index is 12.3. The summed E-state index contributed by atoms with van der Waals surface area (Å²) in [4.78, 5) is 12.3. The van der Waals surface area contributed by atoms with Gasteiger partial charge in [0, 0.05) is 12.5 Å². The van der Waals surface area contributed by atoms with E-state index < -0.39 is 0 Å². The number of methoxy groups -OCH3 is 1. The normalized spacial score (nSPS) is 10.6. The number of amides is 1. The van der Waals surface area contributed by atoms with E-state index in [2.05, 4.69) is 41.6 Å². The molecule has 140 valence electrons. The summed E-state index contributed by atoms with van der Waals surface area (Å²) in [7, 11) is 1.64. The molecule has 0 atom stereocenters. The largest absolute Gasteiger partial charge is 0.497 e. The highest BCUT2D eigenvalue weighted by Gasteiger charge is 2.08. The first-order chi connectivity index (χ1) is 13.2. The van der Waals surface area contributed by atoms with Crippen LogP contribution in [0.5, 0.6) is 5.75 Å². The van der Waals surface area contributed by atoms with Gasteiger partial charge in [-0.25, -0.2) is 4.68 Å². The first-order valence-electron chi connectivity index (χ1n) is 9.20. The van der Waals surface area contributed by atoms with Crippen molar-refractivity contribution >= 4 is 11.7 Å². The molecule has 0 aliphatic heterocycles. The second-order valence-corrected chi connectivity index (χ2v) is 6.44. The average molecular weight is 363 g/mol. The van der Waals surface area contributed by atoms with Crippen LogP contribution in [0.15, 0.2) is 60.8 Å². The Hall–Kier alpha value is -3.08. The molecule has 0 unspecified atom stereocenters. The van der Waals surface area contributed by atoms with Crippen LogP contribution in [0.25, 0.3) is 0 Å². The average Bonchev–Trinajstić information content (AvgIpc) is 3.14. The van der Waals surface area contributed by atoms with Crippen LogP contribution in [0.4, 0.5) is 5.82 Å². The molecule has 5 nitrogen and oxygen atoms in total. The number of hydrogen-bond acceptors (Lipinski definition) is 3. The van der Waals surface area contributed by atoms with E-state index in [0.717, 1.165) is 23.3 Å². The van der Waals surface area contributed by atoms with Crippen molar-refractivity contribution in [2.75, 3.05) is 12.4 Å². The third-order valence-corrected chi connectivity index (χ3v) is 4.55. The maximum Gasteiger partial charge on any atom is 0.225 e. The first-order valence-corrected chi connectivity index (χ1v) is 9.20. The number of anilines is 1. The summed E-state index contributed by atoms with van der Waals surface area (Å²) in [6.07, 6.45) is 3.84. The summed E-state index contributed by atoms with van der Waals surface area (Å²) in [5, 5.41) is 7.30. The SMILES string of the molecule is CCc1ccc(Cn2nccc2NC(=O)CCc2ccc(OC)cc2)cc1. The Labute approximate surface area is 160 Å². The molecule has 2 aromatic carbocycles. The molecule has 1 aromatic heterocycles. The second kappa shape index (κ2) is 9.03. The first kappa shape index (κ1) is 18.7. The van der Waals surface area contributed by atoms with Gasteiger partial charge in [-0.1, -0.05) is 43.3 Å². The van der Waals surface area contributed by atoms with Gasteiger partial charge in [-0.05, 0) is 41.7 Å². The number of hydrogen-bond donors (Lipinski definition) is 1. The van der Waals surface area contributed by atoms with Gasteiger partial charge in [-0.3, -0.25) is 4.79 Å². The molecule has 0 aliphatic rings. The monoisotopic (exact) mass is 363 g/mol. The zero-order valence-electron chi connectivity index (χ0n) is 15.8. The lowest BCUT2D eigenvalue weighted by Crippen LogP contribution is -2.16. The predicted molar refractivity (Wildman–Crippen MR) is 107 cm³/mol. The smallest absolute Gasteiger partial charge is 0.225 e. The fourth-order valence-electron chi connectivity index (χ4n) is 2.87. The second-order valence-electron chi connectivity index (χ2n) is 6.44. The number of carbonyl (C=O) groups excluding carboxylic acids is 1. The highest BCUT2D eigenvalue weighted by molar-refractivity contribution is 5.89. The van der Waals surface area contributed by atoms with Crippen molar-refractivity contribution in [3.8, 4) is 5.75 Å². The highest BCUT2D eigenvalue weighted by Crippen LogP contribution is 2.14. The fraction of sp³-hybridized carbons (Fsp3) is 0.273. The Morgan fingerprint density at radius 2 is 1.67 bits per heavy atom. The molecule has 0 spiro atoms. The van der Waals surface area contributed by atoms with Crippen LogP contribution >= 0.6 is 0 Å². The predicted octanol–water partition coefficient (Wildman–Crippen LogP) is 4.07. The van der Waals surface area contributed by atoms with Crippen molar-refractivity contribution in [1.29, 1.82) is 0 Å². The molecule has 1 amide bonds. The third-order valence-electron chi connectivity index (χ3n) is 4.55. The van der Waals surface area contributed by atoms with E-state index in [9.17, 15) is 4.79 Å². The van der Waals surface area contributed by atoms with Gasteiger partial charge >= 0.3 is 0 Å². The van der Waals surface area contributed by atoms with Gasteiger partial charge in [0.15, 0.2) is 0 Å². The summed E-state index contributed by atoms with van der Waals surface area (Å²) < 4.78 is 6.96. The number of carbonyl (C=O) groups is 1. The Balaban J connectivity index is 1.55. The van der Waals surface area contributed by atoms with E-state index in [4.69, 9.17) is 4.74 Å².